The molecule has 1 heterocycles. The summed E-state index contributed by atoms with van der Waals surface area (Å²) in [6.45, 7) is 4.05. The zero-order chi connectivity index (χ0) is 11.2. The van der Waals surface area contributed by atoms with Crippen molar-refractivity contribution in [1.82, 2.24) is 9.78 Å². The Labute approximate surface area is 88.9 Å². The third kappa shape index (κ3) is 1.59. The molecule has 0 aliphatic heterocycles. The second kappa shape index (κ2) is 3.17. The Kier molecular flexibility index (Phi) is 2.19. The van der Waals surface area contributed by atoms with Gasteiger partial charge in [-0.25, -0.2) is 0 Å². The van der Waals surface area contributed by atoms with E-state index in [4.69, 9.17) is 0 Å². The Balaban J connectivity index is 2.57. The van der Waals surface area contributed by atoms with Crippen molar-refractivity contribution >= 4 is 5.78 Å². The maximum atomic E-state index is 11.9. The number of hydrogen-bond donors (Lipinski definition) is 1. The first-order valence-electron chi connectivity index (χ1n) is 5.13. The predicted molar refractivity (Wildman–Crippen MR) is 55.6 cm³/mol. The molecule has 0 atom stereocenters. The van der Waals surface area contributed by atoms with Crippen molar-refractivity contribution in [2.75, 3.05) is 0 Å². The Morgan fingerprint density at radius 1 is 1.47 bits per heavy atom. The van der Waals surface area contributed by atoms with Crippen molar-refractivity contribution in [2.24, 2.45) is 12.5 Å². The summed E-state index contributed by atoms with van der Waals surface area (Å²) in [4.78, 5) is 11.9. The molecule has 1 aromatic rings. The lowest BCUT2D eigenvalue weighted by Crippen LogP contribution is -2.28. The molecule has 1 aromatic heterocycles. The molecule has 0 saturated carbocycles. The van der Waals surface area contributed by atoms with Crippen LogP contribution in [-0.4, -0.2) is 20.7 Å². The minimum Gasteiger partial charge on any atom is -0.390 e. The van der Waals surface area contributed by atoms with E-state index in [2.05, 4.69) is 18.9 Å². The highest BCUT2D eigenvalue weighted by Crippen LogP contribution is 2.35. The number of aromatic nitrogens is 2. The zero-order valence-electron chi connectivity index (χ0n) is 9.37. The van der Waals surface area contributed by atoms with Crippen LogP contribution in [0.5, 0.6) is 0 Å². The van der Waals surface area contributed by atoms with Gasteiger partial charge in [0.05, 0.1) is 12.3 Å². The van der Waals surface area contributed by atoms with Crippen LogP contribution in [0.4, 0.5) is 0 Å². The van der Waals surface area contributed by atoms with Gasteiger partial charge in [0.1, 0.15) is 5.69 Å². The van der Waals surface area contributed by atoms with Gasteiger partial charge in [-0.3, -0.25) is 9.48 Å². The summed E-state index contributed by atoms with van der Waals surface area (Å²) in [5, 5.41) is 13.3. The fraction of sp³-hybridized carbons (Fsp3) is 0.636. The number of fused-ring (bicyclic) bond motifs is 1. The number of carbonyl (C=O) groups excluding carboxylic acids is 1. The van der Waals surface area contributed by atoms with E-state index in [1.807, 2.05) is 0 Å². The van der Waals surface area contributed by atoms with E-state index >= 15 is 0 Å². The van der Waals surface area contributed by atoms with Crippen LogP contribution in [0.1, 0.15) is 42.0 Å². The van der Waals surface area contributed by atoms with Crippen LogP contribution < -0.4 is 0 Å². The molecule has 82 valence electrons. The molecule has 0 fully saturated rings. The second-order valence-corrected chi connectivity index (χ2v) is 5.00. The Morgan fingerprint density at radius 3 is 2.73 bits per heavy atom. The number of aliphatic hydroxyl groups excluding tert-OH is 1. The van der Waals surface area contributed by atoms with Gasteiger partial charge in [-0.15, -0.1) is 0 Å². The van der Waals surface area contributed by atoms with Crippen molar-refractivity contribution in [3.63, 3.8) is 0 Å². The molecule has 0 amide bonds. The van der Waals surface area contributed by atoms with Crippen LogP contribution in [0, 0.1) is 5.41 Å². The maximum Gasteiger partial charge on any atom is 0.181 e. The van der Waals surface area contributed by atoms with Crippen LogP contribution in [0.3, 0.4) is 0 Å². The SMILES string of the molecule is Cn1nc(CO)c2c1C(=O)CC(C)(C)C2. The Bertz CT molecular complexity index is 418. The van der Waals surface area contributed by atoms with Crippen molar-refractivity contribution in [1.29, 1.82) is 0 Å². The quantitative estimate of drug-likeness (QED) is 0.751. The molecule has 0 aromatic carbocycles. The zero-order valence-corrected chi connectivity index (χ0v) is 9.37. The van der Waals surface area contributed by atoms with Gasteiger partial charge in [-0.2, -0.15) is 5.10 Å². The monoisotopic (exact) mass is 208 g/mol. The Morgan fingerprint density at radius 2 is 2.13 bits per heavy atom. The van der Waals surface area contributed by atoms with Gasteiger partial charge in [-0.1, -0.05) is 13.8 Å². The van der Waals surface area contributed by atoms with Crippen LogP contribution >= 0.6 is 0 Å². The van der Waals surface area contributed by atoms with E-state index in [0.29, 0.717) is 17.8 Å². The highest BCUT2D eigenvalue weighted by molar-refractivity contribution is 5.97. The summed E-state index contributed by atoms with van der Waals surface area (Å²) >= 11 is 0. The molecule has 1 aliphatic carbocycles. The molecule has 2 rings (SSSR count). The topological polar surface area (TPSA) is 55.1 Å². The van der Waals surface area contributed by atoms with Gasteiger partial charge in [0.2, 0.25) is 0 Å². The van der Waals surface area contributed by atoms with Crippen molar-refractivity contribution in [2.45, 2.75) is 33.3 Å². The first-order valence-corrected chi connectivity index (χ1v) is 5.13. The normalized spacial score (nSPS) is 19.1. The molecule has 0 unspecified atom stereocenters. The number of ketones is 1. The summed E-state index contributed by atoms with van der Waals surface area (Å²) in [6, 6.07) is 0. The number of hydrogen-bond acceptors (Lipinski definition) is 3. The predicted octanol–water partition coefficient (Wildman–Crippen LogP) is 1.07. The summed E-state index contributed by atoms with van der Waals surface area (Å²) in [5.41, 5.74) is 2.24. The summed E-state index contributed by atoms with van der Waals surface area (Å²) in [7, 11) is 1.76. The molecular weight excluding hydrogens is 192 g/mol. The molecule has 0 bridgehead atoms. The number of aliphatic hydroxyl groups is 1. The van der Waals surface area contributed by atoms with E-state index in [0.717, 1.165) is 12.0 Å². The van der Waals surface area contributed by atoms with E-state index in [9.17, 15) is 9.90 Å². The number of aryl methyl sites for hydroxylation is 1. The van der Waals surface area contributed by atoms with Crippen LogP contribution in [-0.2, 0) is 20.1 Å². The first-order chi connectivity index (χ1) is 6.94. The largest absolute Gasteiger partial charge is 0.390 e. The van der Waals surface area contributed by atoms with Gasteiger partial charge in [-0.05, 0) is 11.8 Å². The van der Waals surface area contributed by atoms with Crippen LogP contribution in [0.25, 0.3) is 0 Å². The first kappa shape index (κ1) is 10.4. The third-order valence-corrected chi connectivity index (χ3v) is 2.94. The lowest BCUT2D eigenvalue weighted by molar-refractivity contribution is 0.0902. The molecule has 0 radical (unpaired) electrons. The highest BCUT2D eigenvalue weighted by atomic mass is 16.3. The molecule has 1 N–H and O–H groups in total. The summed E-state index contributed by atoms with van der Waals surface area (Å²) in [6.07, 6.45) is 1.38. The lowest BCUT2D eigenvalue weighted by atomic mass is 9.75. The number of nitrogens with zero attached hydrogens (tertiary/aromatic N) is 2. The van der Waals surface area contributed by atoms with Crippen LogP contribution in [0.15, 0.2) is 0 Å². The highest BCUT2D eigenvalue weighted by Gasteiger charge is 2.35. The minimum absolute atomic E-state index is 0.0168. The van der Waals surface area contributed by atoms with E-state index in [-0.39, 0.29) is 17.8 Å². The molecule has 0 spiro atoms. The van der Waals surface area contributed by atoms with Crippen molar-refractivity contribution in [3.05, 3.63) is 17.0 Å². The number of rotatable bonds is 1. The summed E-state index contributed by atoms with van der Waals surface area (Å²) < 4.78 is 1.60. The fourth-order valence-electron chi connectivity index (χ4n) is 2.34. The van der Waals surface area contributed by atoms with E-state index in [1.54, 1.807) is 11.7 Å². The lowest BCUT2D eigenvalue weighted by Gasteiger charge is -2.28. The molecular formula is C11H16N2O2. The number of Topliss-reactive ketones (excluding diaryl/α,β-unsaturated/α-hetero) is 1. The minimum atomic E-state index is -0.0907. The number of carbonyl (C=O) groups is 1. The maximum absolute atomic E-state index is 11.9. The van der Waals surface area contributed by atoms with Gasteiger partial charge < -0.3 is 5.11 Å². The van der Waals surface area contributed by atoms with Crippen molar-refractivity contribution in [3.8, 4) is 0 Å². The van der Waals surface area contributed by atoms with Gasteiger partial charge in [0.15, 0.2) is 5.78 Å². The van der Waals surface area contributed by atoms with Crippen LogP contribution in [0.2, 0.25) is 0 Å². The molecule has 0 saturated heterocycles. The Hall–Kier alpha value is -1.16. The third-order valence-electron chi connectivity index (χ3n) is 2.94. The fourth-order valence-corrected chi connectivity index (χ4v) is 2.34. The molecule has 1 aliphatic rings. The standard InChI is InChI=1S/C11H16N2O2/c1-11(2)4-7-8(6-14)12-13(3)10(7)9(15)5-11/h14H,4-6H2,1-3H3. The molecule has 4 heteroatoms. The van der Waals surface area contributed by atoms with Gasteiger partial charge in [0.25, 0.3) is 0 Å². The van der Waals surface area contributed by atoms with Gasteiger partial charge in [0, 0.05) is 19.0 Å². The van der Waals surface area contributed by atoms with Crippen molar-refractivity contribution < 1.29 is 9.90 Å². The van der Waals surface area contributed by atoms with Gasteiger partial charge >= 0.3 is 0 Å². The summed E-state index contributed by atoms with van der Waals surface area (Å²) in [5.74, 6) is 0.135. The second-order valence-electron chi connectivity index (χ2n) is 5.00. The molecule has 15 heavy (non-hydrogen) atoms. The average Bonchev–Trinajstić information content (AvgIpc) is 2.40. The average molecular weight is 208 g/mol. The molecule has 4 nitrogen and oxygen atoms in total. The van der Waals surface area contributed by atoms with E-state index < -0.39 is 0 Å². The van der Waals surface area contributed by atoms with E-state index in [1.165, 1.54) is 0 Å². The smallest absolute Gasteiger partial charge is 0.181 e.